The Morgan fingerprint density at radius 2 is 1.86 bits per heavy atom. The Balaban J connectivity index is 1.66. The van der Waals surface area contributed by atoms with Gasteiger partial charge in [0.15, 0.2) is 11.6 Å². The molecule has 3 aromatic rings. The predicted molar refractivity (Wildman–Crippen MR) is 105 cm³/mol. The number of carbonyl (C=O) groups excluding carboxylic acids is 1. The van der Waals surface area contributed by atoms with Crippen LogP contribution in [-0.2, 0) is 6.42 Å². The third-order valence-electron chi connectivity index (χ3n) is 4.14. The van der Waals surface area contributed by atoms with Gasteiger partial charge in [-0.25, -0.2) is 18.7 Å². The zero-order valence-electron chi connectivity index (χ0n) is 16.0. The van der Waals surface area contributed by atoms with E-state index in [-0.39, 0.29) is 11.6 Å². The van der Waals surface area contributed by atoms with Gasteiger partial charge >= 0.3 is 0 Å². The number of aromatic nitrogens is 2. The maximum Gasteiger partial charge on any atom is 0.270 e. The second-order valence-electron chi connectivity index (χ2n) is 6.26. The molecule has 1 amide bonds. The van der Waals surface area contributed by atoms with Gasteiger partial charge in [-0.1, -0.05) is 18.2 Å². The molecule has 2 N–H and O–H groups in total. The number of amides is 1. The van der Waals surface area contributed by atoms with E-state index in [4.69, 9.17) is 4.74 Å². The molecule has 0 spiro atoms. The zero-order valence-corrected chi connectivity index (χ0v) is 16.0. The summed E-state index contributed by atoms with van der Waals surface area (Å²) in [4.78, 5) is 20.8. The molecule has 0 bridgehead atoms. The van der Waals surface area contributed by atoms with Gasteiger partial charge in [-0.2, -0.15) is 0 Å². The van der Waals surface area contributed by atoms with Crippen molar-refractivity contribution in [3.8, 4) is 5.75 Å². The average Bonchev–Trinajstić information content (AvgIpc) is 2.70. The van der Waals surface area contributed by atoms with Crippen LogP contribution >= 0.6 is 0 Å². The Bertz CT molecular complexity index is 1030. The summed E-state index contributed by atoms with van der Waals surface area (Å²) in [6, 6.07) is 12.4. The molecular weight excluding hydrogens is 378 g/mol. The number of halogens is 2. The molecule has 0 radical (unpaired) electrons. The molecule has 6 nitrogen and oxygen atoms in total. The second kappa shape index (κ2) is 9.09. The van der Waals surface area contributed by atoms with Crippen LogP contribution in [0.3, 0.4) is 0 Å². The van der Waals surface area contributed by atoms with E-state index in [0.29, 0.717) is 30.3 Å². The van der Waals surface area contributed by atoms with Crippen LogP contribution in [0.15, 0.2) is 48.5 Å². The number of carbonyl (C=O) groups is 1. The van der Waals surface area contributed by atoms with Crippen LogP contribution in [-0.4, -0.2) is 29.5 Å². The number of methoxy groups -OCH3 is 1. The zero-order chi connectivity index (χ0) is 20.8. The molecule has 0 fully saturated rings. The van der Waals surface area contributed by atoms with E-state index >= 15 is 0 Å². The van der Waals surface area contributed by atoms with Gasteiger partial charge in [0, 0.05) is 24.4 Å². The highest BCUT2D eigenvalue weighted by molar-refractivity contribution is 5.93. The van der Waals surface area contributed by atoms with Crippen molar-refractivity contribution in [2.24, 2.45) is 0 Å². The summed E-state index contributed by atoms with van der Waals surface area (Å²) in [7, 11) is 1.60. The Labute approximate surface area is 167 Å². The SMILES string of the molecule is COc1ccccc1CCNC(=O)c1cc(Nc2ccc(F)c(F)c2)nc(C)n1. The number of nitrogens with one attached hydrogen (secondary N) is 2. The van der Waals surface area contributed by atoms with Crippen LogP contribution in [0.1, 0.15) is 21.9 Å². The summed E-state index contributed by atoms with van der Waals surface area (Å²) in [5, 5.41) is 5.66. The number of rotatable bonds is 7. The van der Waals surface area contributed by atoms with Gasteiger partial charge in [0.05, 0.1) is 7.11 Å². The third kappa shape index (κ3) is 5.25. The first-order valence-electron chi connectivity index (χ1n) is 8.94. The van der Waals surface area contributed by atoms with Gasteiger partial charge in [0.1, 0.15) is 23.1 Å². The summed E-state index contributed by atoms with van der Waals surface area (Å²) < 4.78 is 31.8. The number of hydrogen-bond donors (Lipinski definition) is 2. The molecule has 0 atom stereocenters. The Morgan fingerprint density at radius 3 is 2.62 bits per heavy atom. The summed E-state index contributed by atoms with van der Waals surface area (Å²) in [5.41, 5.74) is 1.46. The number of hydrogen-bond acceptors (Lipinski definition) is 5. The Kier molecular flexibility index (Phi) is 6.33. The van der Waals surface area contributed by atoms with Gasteiger partial charge in [-0.3, -0.25) is 4.79 Å². The maximum absolute atomic E-state index is 13.4. The van der Waals surface area contributed by atoms with Gasteiger partial charge in [0.2, 0.25) is 0 Å². The number of benzene rings is 2. The lowest BCUT2D eigenvalue weighted by Gasteiger charge is -2.11. The summed E-state index contributed by atoms with van der Waals surface area (Å²) in [5.74, 6) is -0.846. The second-order valence-corrected chi connectivity index (χ2v) is 6.26. The molecule has 150 valence electrons. The van der Waals surface area contributed by atoms with Crippen molar-refractivity contribution in [2.45, 2.75) is 13.3 Å². The Hall–Kier alpha value is -3.55. The summed E-state index contributed by atoms with van der Waals surface area (Å²) >= 11 is 0. The molecule has 0 saturated heterocycles. The van der Waals surface area contributed by atoms with E-state index < -0.39 is 11.6 Å². The van der Waals surface area contributed by atoms with Crippen molar-refractivity contribution in [3.05, 3.63) is 77.2 Å². The molecule has 0 aliphatic heterocycles. The highest BCUT2D eigenvalue weighted by atomic mass is 19.2. The topological polar surface area (TPSA) is 76.1 Å². The lowest BCUT2D eigenvalue weighted by molar-refractivity contribution is 0.0948. The van der Waals surface area contributed by atoms with Crippen molar-refractivity contribution < 1.29 is 18.3 Å². The molecule has 0 unspecified atom stereocenters. The van der Waals surface area contributed by atoms with Gasteiger partial charge in [-0.15, -0.1) is 0 Å². The lowest BCUT2D eigenvalue weighted by atomic mass is 10.1. The highest BCUT2D eigenvalue weighted by Crippen LogP contribution is 2.19. The predicted octanol–water partition coefficient (Wildman–Crippen LogP) is 3.79. The van der Waals surface area contributed by atoms with Gasteiger partial charge in [-0.05, 0) is 37.1 Å². The van der Waals surface area contributed by atoms with Crippen LogP contribution < -0.4 is 15.4 Å². The van der Waals surface area contributed by atoms with Gasteiger partial charge < -0.3 is 15.4 Å². The summed E-state index contributed by atoms with van der Waals surface area (Å²) in [6.45, 7) is 2.04. The van der Waals surface area contributed by atoms with E-state index in [1.54, 1.807) is 14.0 Å². The first-order valence-corrected chi connectivity index (χ1v) is 8.94. The minimum absolute atomic E-state index is 0.169. The lowest BCUT2D eigenvalue weighted by Crippen LogP contribution is -2.27. The van der Waals surface area contributed by atoms with Crippen molar-refractivity contribution >= 4 is 17.4 Å². The van der Waals surface area contributed by atoms with E-state index in [1.807, 2.05) is 24.3 Å². The molecule has 0 aliphatic carbocycles. The molecule has 8 heteroatoms. The number of nitrogens with zero attached hydrogens (tertiary/aromatic N) is 2. The summed E-state index contributed by atoms with van der Waals surface area (Å²) in [6.07, 6.45) is 0.597. The fraction of sp³-hybridized carbons (Fsp3) is 0.190. The molecule has 2 aromatic carbocycles. The standard InChI is InChI=1S/C21H20F2N4O2/c1-13-25-18(12-20(26-13)27-15-7-8-16(22)17(23)11-15)21(28)24-10-9-14-5-3-4-6-19(14)29-2/h3-8,11-12H,9-10H2,1-2H3,(H,24,28)(H,25,26,27). The van der Waals surface area contributed by atoms with Gasteiger partial charge in [0.25, 0.3) is 5.91 Å². The van der Waals surface area contributed by atoms with Crippen molar-refractivity contribution in [1.82, 2.24) is 15.3 Å². The number of anilines is 2. The van der Waals surface area contributed by atoms with E-state index in [2.05, 4.69) is 20.6 Å². The molecule has 29 heavy (non-hydrogen) atoms. The number of para-hydroxylation sites is 1. The van der Waals surface area contributed by atoms with E-state index in [9.17, 15) is 13.6 Å². The largest absolute Gasteiger partial charge is 0.496 e. The molecule has 0 aliphatic rings. The van der Waals surface area contributed by atoms with Crippen molar-refractivity contribution in [3.63, 3.8) is 0 Å². The highest BCUT2D eigenvalue weighted by Gasteiger charge is 2.12. The van der Waals surface area contributed by atoms with Crippen LogP contribution in [0.4, 0.5) is 20.3 Å². The maximum atomic E-state index is 13.4. The van der Waals surface area contributed by atoms with Crippen LogP contribution in [0, 0.1) is 18.6 Å². The fourth-order valence-corrected chi connectivity index (χ4v) is 2.78. The normalized spacial score (nSPS) is 10.5. The number of aryl methyl sites for hydroxylation is 1. The van der Waals surface area contributed by atoms with E-state index in [1.165, 1.54) is 12.1 Å². The molecule has 3 rings (SSSR count). The van der Waals surface area contributed by atoms with Crippen LogP contribution in [0.5, 0.6) is 5.75 Å². The minimum Gasteiger partial charge on any atom is -0.496 e. The number of ether oxygens (including phenoxy) is 1. The van der Waals surface area contributed by atoms with Crippen LogP contribution in [0.25, 0.3) is 0 Å². The first kappa shape index (κ1) is 20.2. The van der Waals surface area contributed by atoms with Crippen molar-refractivity contribution in [2.75, 3.05) is 19.0 Å². The monoisotopic (exact) mass is 398 g/mol. The Morgan fingerprint density at radius 1 is 1.07 bits per heavy atom. The van der Waals surface area contributed by atoms with Crippen molar-refractivity contribution in [1.29, 1.82) is 0 Å². The molecule has 0 saturated carbocycles. The smallest absolute Gasteiger partial charge is 0.270 e. The third-order valence-corrected chi connectivity index (χ3v) is 4.14. The first-order chi connectivity index (χ1) is 14.0. The van der Waals surface area contributed by atoms with Crippen LogP contribution in [0.2, 0.25) is 0 Å². The molecule has 1 aromatic heterocycles. The molecule has 1 heterocycles. The quantitative estimate of drug-likeness (QED) is 0.633. The fourth-order valence-electron chi connectivity index (χ4n) is 2.78. The molecular formula is C21H20F2N4O2. The van der Waals surface area contributed by atoms with E-state index in [0.717, 1.165) is 23.4 Å². The average molecular weight is 398 g/mol. The minimum atomic E-state index is -0.977.